The van der Waals surface area contributed by atoms with Crippen molar-refractivity contribution in [2.45, 2.75) is 51.8 Å². The highest BCUT2D eigenvalue weighted by Gasteiger charge is 2.30. The quantitative estimate of drug-likeness (QED) is 0.545. The summed E-state index contributed by atoms with van der Waals surface area (Å²) in [7, 11) is -3.44. The Morgan fingerprint density at radius 1 is 1.37 bits per heavy atom. The van der Waals surface area contributed by atoms with Crippen LogP contribution < -0.4 is 0 Å². The van der Waals surface area contributed by atoms with Crippen molar-refractivity contribution in [3.05, 3.63) is 0 Å². The van der Waals surface area contributed by atoms with Gasteiger partial charge in [-0.1, -0.05) is 6.42 Å². The molecule has 1 rings (SSSR count). The molecule has 0 saturated carbocycles. The molecule has 6 nitrogen and oxygen atoms in total. The van der Waals surface area contributed by atoms with Crippen LogP contribution in [0.4, 0.5) is 0 Å². The van der Waals surface area contributed by atoms with Crippen LogP contribution in [-0.4, -0.2) is 50.0 Å². The number of carbonyl (C=O) groups excluding carboxylic acids is 1. The minimum atomic E-state index is -3.44. The first-order valence-corrected chi connectivity index (χ1v) is 8.26. The minimum absolute atomic E-state index is 0.00289. The highest BCUT2D eigenvalue weighted by molar-refractivity contribution is 7.89. The molecule has 0 aromatic carbocycles. The molecule has 19 heavy (non-hydrogen) atoms. The third-order valence-electron chi connectivity index (χ3n) is 3.02. The van der Waals surface area contributed by atoms with E-state index in [-0.39, 0.29) is 18.5 Å². The lowest BCUT2D eigenvalue weighted by molar-refractivity contribution is 0.0905. The van der Waals surface area contributed by atoms with Crippen LogP contribution in [0, 0.1) is 0 Å². The van der Waals surface area contributed by atoms with Gasteiger partial charge in [-0.3, -0.25) is 0 Å². The fraction of sp³-hybridized carbons (Fsp3) is 0.917. The van der Waals surface area contributed by atoms with Gasteiger partial charge in [0.2, 0.25) is 16.1 Å². The van der Waals surface area contributed by atoms with Gasteiger partial charge in [-0.05, 0) is 33.1 Å². The van der Waals surface area contributed by atoms with Crippen molar-refractivity contribution in [3.63, 3.8) is 0 Å². The largest absolute Gasteiger partial charge is 0.378 e. The van der Waals surface area contributed by atoms with Crippen LogP contribution in [0.25, 0.3) is 0 Å². The van der Waals surface area contributed by atoms with E-state index in [4.69, 9.17) is 4.74 Å². The molecule has 1 saturated heterocycles. The lowest BCUT2D eigenvalue weighted by Crippen LogP contribution is -2.41. The van der Waals surface area contributed by atoms with E-state index in [1.807, 2.05) is 13.8 Å². The van der Waals surface area contributed by atoms with Crippen LogP contribution in [-0.2, 0) is 19.6 Å². The first kappa shape index (κ1) is 16.3. The molecule has 0 spiro atoms. The fourth-order valence-corrected chi connectivity index (χ4v) is 3.56. The lowest BCUT2D eigenvalue weighted by Gasteiger charge is -2.25. The first-order chi connectivity index (χ1) is 8.97. The smallest absolute Gasteiger partial charge is 0.236 e. The van der Waals surface area contributed by atoms with Gasteiger partial charge in [-0.2, -0.15) is 9.30 Å². The second-order valence-corrected chi connectivity index (χ2v) is 6.94. The molecule has 1 aliphatic heterocycles. The van der Waals surface area contributed by atoms with E-state index in [0.717, 1.165) is 19.3 Å². The Hall–Kier alpha value is -0.750. The maximum absolute atomic E-state index is 12.3. The van der Waals surface area contributed by atoms with Gasteiger partial charge in [0, 0.05) is 6.54 Å². The Kier molecular flexibility index (Phi) is 6.65. The van der Waals surface area contributed by atoms with Crippen LogP contribution in [0.2, 0.25) is 0 Å². The van der Waals surface area contributed by atoms with E-state index >= 15 is 0 Å². The SMILES string of the molecule is CC(C)OCCS(=O)(=O)N1CCCCCC1N=C=O. The summed E-state index contributed by atoms with van der Waals surface area (Å²) in [5.74, 6) is -0.0734. The Balaban J connectivity index is 2.73. The molecule has 0 N–H and O–H groups in total. The highest BCUT2D eigenvalue weighted by atomic mass is 32.2. The second-order valence-electron chi connectivity index (χ2n) is 4.90. The van der Waals surface area contributed by atoms with Crippen LogP contribution in [0.3, 0.4) is 0 Å². The Morgan fingerprint density at radius 2 is 2.11 bits per heavy atom. The standard InChI is InChI=1S/C12H22N2O4S/c1-11(2)18-8-9-19(16,17)14-7-5-3-4-6-12(14)13-10-15/h11-12H,3-9H2,1-2H3. The first-order valence-electron chi connectivity index (χ1n) is 6.65. The van der Waals surface area contributed by atoms with Crippen molar-refractivity contribution in [3.8, 4) is 0 Å². The average molecular weight is 290 g/mol. The molecule has 0 aromatic rings. The maximum Gasteiger partial charge on any atom is 0.236 e. The number of hydrogen-bond donors (Lipinski definition) is 0. The summed E-state index contributed by atoms with van der Waals surface area (Å²) in [5, 5.41) is 0. The predicted molar refractivity (Wildman–Crippen MR) is 72.0 cm³/mol. The number of isocyanates is 1. The maximum atomic E-state index is 12.3. The van der Waals surface area contributed by atoms with Crippen LogP contribution >= 0.6 is 0 Å². The highest BCUT2D eigenvalue weighted by Crippen LogP contribution is 2.21. The normalized spacial score (nSPS) is 21.9. The third kappa shape index (κ3) is 5.40. The molecule has 110 valence electrons. The summed E-state index contributed by atoms with van der Waals surface area (Å²) in [5.41, 5.74) is 0. The van der Waals surface area contributed by atoms with Gasteiger partial charge >= 0.3 is 0 Å². The summed E-state index contributed by atoms with van der Waals surface area (Å²) < 4.78 is 31.1. The van der Waals surface area contributed by atoms with Gasteiger partial charge in [0.25, 0.3) is 0 Å². The molecule has 1 aliphatic rings. The minimum Gasteiger partial charge on any atom is -0.378 e. The third-order valence-corrected chi connectivity index (χ3v) is 4.85. The molecule has 1 unspecified atom stereocenters. The van der Waals surface area contributed by atoms with Gasteiger partial charge in [0.05, 0.1) is 18.5 Å². The lowest BCUT2D eigenvalue weighted by atomic mass is 10.2. The molecule has 1 atom stereocenters. The molecule has 0 aliphatic carbocycles. The van der Waals surface area contributed by atoms with E-state index in [1.54, 1.807) is 0 Å². The summed E-state index contributed by atoms with van der Waals surface area (Å²) >= 11 is 0. The van der Waals surface area contributed by atoms with E-state index in [9.17, 15) is 13.2 Å². The number of hydrogen-bond acceptors (Lipinski definition) is 5. The van der Waals surface area contributed by atoms with Crippen molar-refractivity contribution in [2.24, 2.45) is 4.99 Å². The van der Waals surface area contributed by atoms with Gasteiger partial charge in [-0.15, -0.1) is 0 Å². The molecular weight excluding hydrogens is 268 g/mol. The molecule has 0 amide bonds. The fourth-order valence-electron chi connectivity index (χ4n) is 2.08. The predicted octanol–water partition coefficient (Wildman–Crippen LogP) is 1.28. The summed E-state index contributed by atoms with van der Waals surface area (Å²) in [6.45, 7) is 4.30. The molecule has 1 fully saturated rings. The van der Waals surface area contributed by atoms with Crippen LogP contribution in [0.5, 0.6) is 0 Å². The molecule has 0 bridgehead atoms. The van der Waals surface area contributed by atoms with Crippen molar-refractivity contribution in [2.75, 3.05) is 18.9 Å². The Morgan fingerprint density at radius 3 is 2.74 bits per heavy atom. The second kappa shape index (κ2) is 7.75. The molecule has 7 heteroatoms. The summed E-state index contributed by atoms with van der Waals surface area (Å²) in [4.78, 5) is 14.1. The van der Waals surface area contributed by atoms with Crippen molar-refractivity contribution < 1.29 is 17.9 Å². The van der Waals surface area contributed by atoms with E-state index in [1.165, 1.54) is 10.4 Å². The number of sulfonamides is 1. The van der Waals surface area contributed by atoms with Gasteiger partial charge in [0.15, 0.2) is 0 Å². The Bertz CT molecular complexity index is 415. The van der Waals surface area contributed by atoms with Gasteiger partial charge in [0.1, 0.15) is 6.17 Å². The van der Waals surface area contributed by atoms with Gasteiger partial charge < -0.3 is 4.74 Å². The summed E-state index contributed by atoms with van der Waals surface area (Å²) in [6, 6.07) is 0. The zero-order valence-electron chi connectivity index (χ0n) is 11.5. The van der Waals surface area contributed by atoms with E-state index in [2.05, 4.69) is 4.99 Å². The van der Waals surface area contributed by atoms with Crippen molar-refractivity contribution >= 4 is 16.1 Å². The summed E-state index contributed by atoms with van der Waals surface area (Å²) in [6.07, 6.45) is 4.11. The van der Waals surface area contributed by atoms with Crippen LogP contribution in [0.1, 0.15) is 39.5 Å². The van der Waals surface area contributed by atoms with E-state index in [0.29, 0.717) is 13.0 Å². The number of nitrogens with zero attached hydrogens (tertiary/aromatic N) is 2. The topological polar surface area (TPSA) is 76.0 Å². The monoisotopic (exact) mass is 290 g/mol. The van der Waals surface area contributed by atoms with Crippen LogP contribution in [0.15, 0.2) is 4.99 Å². The molecule has 1 heterocycles. The van der Waals surface area contributed by atoms with Crippen molar-refractivity contribution in [1.29, 1.82) is 0 Å². The zero-order valence-corrected chi connectivity index (χ0v) is 12.4. The van der Waals surface area contributed by atoms with E-state index < -0.39 is 16.2 Å². The number of rotatable bonds is 6. The molecule has 0 radical (unpaired) electrons. The molecular formula is C12H22N2O4S. The molecule has 0 aromatic heterocycles. The number of aliphatic imine (C=N–C) groups is 1. The van der Waals surface area contributed by atoms with Gasteiger partial charge in [-0.25, -0.2) is 13.2 Å². The zero-order chi connectivity index (χ0) is 14.3. The average Bonchev–Trinajstić information content (AvgIpc) is 2.54. The van der Waals surface area contributed by atoms with Crippen molar-refractivity contribution in [1.82, 2.24) is 4.31 Å². The Labute approximate surface area is 114 Å². The number of ether oxygens (including phenoxy) is 1.